The summed E-state index contributed by atoms with van der Waals surface area (Å²) in [6.45, 7) is 6.22. The third kappa shape index (κ3) is 4.08. The van der Waals surface area contributed by atoms with Gasteiger partial charge in [-0.15, -0.1) is 0 Å². The molecule has 2 amide bonds. The monoisotopic (exact) mass is 541 g/mol. The Morgan fingerprint density at radius 2 is 1.89 bits per heavy atom. The van der Waals surface area contributed by atoms with Crippen molar-refractivity contribution >= 4 is 37.4 Å². The molecular weight excluding hydrogens is 510 g/mol. The molecule has 2 aromatic rings. The van der Waals surface area contributed by atoms with Crippen molar-refractivity contribution in [2.45, 2.75) is 50.2 Å². The molecule has 4 atom stereocenters. The molecule has 2 fully saturated rings. The minimum absolute atomic E-state index is 0.155. The second kappa shape index (κ2) is 9.45. The molecular formula is C26H31N3O8Si. The van der Waals surface area contributed by atoms with Crippen LogP contribution in [0.2, 0.25) is 18.6 Å². The summed E-state index contributed by atoms with van der Waals surface area (Å²) in [6.07, 6.45) is -0.733. The molecule has 0 saturated carbocycles. The zero-order valence-corrected chi connectivity index (χ0v) is 22.5. The van der Waals surface area contributed by atoms with Crippen LogP contribution in [0, 0.1) is 16.0 Å². The predicted molar refractivity (Wildman–Crippen MR) is 140 cm³/mol. The van der Waals surface area contributed by atoms with Crippen LogP contribution in [-0.4, -0.2) is 61.0 Å². The number of ether oxygens (including phenoxy) is 2. The third-order valence-electron chi connectivity index (χ3n) is 7.94. The van der Waals surface area contributed by atoms with Gasteiger partial charge in [-0.1, -0.05) is 19.1 Å². The van der Waals surface area contributed by atoms with Gasteiger partial charge in [0.2, 0.25) is 0 Å². The van der Waals surface area contributed by atoms with Gasteiger partial charge >= 0.3 is 6.09 Å². The average Bonchev–Trinajstić information content (AvgIpc) is 3.49. The molecule has 0 radical (unpaired) electrons. The summed E-state index contributed by atoms with van der Waals surface area (Å²) in [5.74, 6) is -0.830. The Balaban J connectivity index is 1.54. The number of carbonyl (C=O) groups is 2. The van der Waals surface area contributed by atoms with Gasteiger partial charge in [0.1, 0.15) is 6.61 Å². The van der Waals surface area contributed by atoms with E-state index in [9.17, 15) is 29.6 Å². The molecule has 0 unspecified atom stereocenters. The van der Waals surface area contributed by atoms with E-state index in [2.05, 4.69) is 0 Å². The number of rotatable bonds is 7. The van der Waals surface area contributed by atoms with Crippen LogP contribution in [0.3, 0.4) is 0 Å². The van der Waals surface area contributed by atoms with Crippen LogP contribution in [0.5, 0.6) is 0 Å². The summed E-state index contributed by atoms with van der Waals surface area (Å²) in [7, 11) is -2.87. The Bertz CT molecular complexity index is 1280. The summed E-state index contributed by atoms with van der Waals surface area (Å²) in [5.41, 5.74) is 0.363. The molecule has 3 heterocycles. The Morgan fingerprint density at radius 3 is 2.47 bits per heavy atom. The first-order valence-corrected chi connectivity index (χ1v) is 15.7. The topological polar surface area (TPSA) is 143 Å². The summed E-state index contributed by atoms with van der Waals surface area (Å²) in [6, 6.07) is 11.6. The van der Waals surface area contributed by atoms with E-state index in [4.69, 9.17) is 9.47 Å². The minimum atomic E-state index is -2.87. The molecule has 0 aliphatic carbocycles. The van der Waals surface area contributed by atoms with Crippen molar-refractivity contribution in [3.63, 3.8) is 0 Å². The van der Waals surface area contributed by atoms with E-state index in [-0.39, 0.29) is 36.7 Å². The smallest absolute Gasteiger partial charge is 0.414 e. The summed E-state index contributed by atoms with van der Waals surface area (Å²) < 4.78 is 11.5. The number of amides is 2. The Labute approximate surface area is 220 Å². The van der Waals surface area contributed by atoms with Crippen molar-refractivity contribution in [2.75, 3.05) is 29.6 Å². The van der Waals surface area contributed by atoms with E-state index in [1.807, 2.05) is 19.1 Å². The van der Waals surface area contributed by atoms with E-state index in [0.29, 0.717) is 30.1 Å². The van der Waals surface area contributed by atoms with Gasteiger partial charge in [-0.25, -0.2) is 4.79 Å². The number of nitro groups is 1. The molecule has 38 heavy (non-hydrogen) atoms. The Morgan fingerprint density at radius 1 is 1.18 bits per heavy atom. The van der Waals surface area contributed by atoms with Crippen molar-refractivity contribution < 1.29 is 33.9 Å². The molecule has 3 aliphatic heterocycles. The normalized spacial score (nSPS) is 26.8. The number of hydrogen-bond donors (Lipinski definition) is 2. The molecule has 0 bridgehead atoms. The predicted octanol–water partition coefficient (Wildman–Crippen LogP) is 3.28. The van der Waals surface area contributed by atoms with E-state index in [0.717, 1.165) is 5.56 Å². The average molecular weight is 542 g/mol. The van der Waals surface area contributed by atoms with Crippen molar-refractivity contribution in [3.8, 4) is 0 Å². The molecule has 12 heteroatoms. The van der Waals surface area contributed by atoms with Crippen molar-refractivity contribution in [1.82, 2.24) is 0 Å². The highest BCUT2D eigenvalue weighted by Gasteiger charge is 2.66. The molecule has 0 aromatic heterocycles. The number of cyclic esters (lactones) is 1. The molecule has 3 aliphatic rings. The maximum Gasteiger partial charge on any atom is 0.414 e. The SMILES string of the molecule is C[C@@H]1[C@@H]([Si](C)(C)O)[C@H](CCO)O[C@@]12C(=O)N(Cc1ccc(N3CCOC3=O)cc1)c1ccc([N+](=O)[O-])cc12. The minimum Gasteiger partial charge on any atom is -0.447 e. The Hall–Kier alpha value is -3.32. The van der Waals surface area contributed by atoms with E-state index in [1.165, 1.54) is 17.0 Å². The largest absolute Gasteiger partial charge is 0.447 e. The summed E-state index contributed by atoms with van der Waals surface area (Å²) in [5, 5.41) is 21.4. The van der Waals surface area contributed by atoms with Crippen LogP contribution in [-0.2, 0) is 26.4 Å². The van der Waals surface area contributed by atoms with E-state index in [1.54, 1.807) is 36.2 Å². The second-order valence-corrected chi connectivity index (χ2v) is 14.6. The van der Waals surface area contributed by atoms with Crippen LogP contribution in [0.1, 0.15) is 24.5 Å². The van der Waals surface area contributed by atoms with Crippen LogP contribution in [0.15, 0.2) is 42.5 Å². The molecule has 2 saturated heterocycles. The number of aliphatic hydroxyl groups excluding tert-OH is 1. The highest BCUT2D eigenvalue weighted by Crippen LogP contribution is 2.60. The van der Waals surface area contributed by atoms with Crippen LogP contribution >= 0.6 is 0 Å². The van der Waals surface area contributed by atoms with Crippen LogP contribution in [0.4, 0.5) is 21.9 Å². The van der Waals surface area contributed by atoms with E-state index < -0.39 is 37.0 Å². The third-order valence-corrected chi connectivity index (χ3v) is 10.4. The standard InChI is InChI=1S/C26H31N3O8Si/c1-16-23(38(2,3)35)22(10-12-30)37-26(16)20-14-19(29(33)34)8-9-21(20)28(24(26)31)15-17-4-6-18(7-5-17)27-11-13-36-25(27)32/h4-9,14,16,22-23,30,35H,10-13,15H2,1-3H3/t16-,22+,23-,26+/m1/s1. The number of nitro benzene ring substituents is 1. The van der Waals surface area contributed by atoms with Gasteiger partial charge in [-0.3, -0.25) is 19.8 Å². The van der Waals surface area contributed by atoms with Gasteiger partial charge in [0.25, 0.3) is 11.6 Å². The fourth-order valence-electron chi connectivity index (χ4n) is 6.32. The molecule has 2 aromatic carbocycles. The maximum atomic E-state index is 14.3. The van der Waals surface area contributed by atoms with Crippen LogP contribution < -0.4 is 9.80 Å². The quantitative estimate of drug-likeness (QED) is 0.309. The lowest BCUT2D eigenvalue weighted by Crippen LogP contribution is -2.46. The van der Waals surface area contributed by atoms with Gasteiger partial charge in [0.05, 0.1) is 29.8 Å². The first-order chi connectivity index (χ1) is 18.0. The molecule has 2 N–H and O–H groups in total. The number of nitrogens with zero attached hydrogens (tertiary/aromatic N) is 3. The number of carbonyl (C=O) groups excluding carboxylic acids is 2. The van der Waals surface area contributed by atoms with Gasteiger partial charge in [0.15, 0.2) is 13.9 Å². The maximum absolute atomic E-state index is 14.3. The zero-order valence-electron chi connectivity index (χ0n) is 21.5. The van der Waals surface area contributed by atoms with Crippen molar-refractivity contribution in [3.05, 3.63) is 63.7 Å². The fourth-order valence-corrected chi connectivity index (χ4v) is 8.93. The number of aliphatic hydroxyl groups is 1. The molecule has 202 valence electrons. The highest BCUT2D eigenvalue weighted by molar-refractivity contribution is 6.71. The number of benzene rings is 2. The van der Waals surface area contributed by atoms with Crippen LogP contribution in [0.25, 0.3) is 0 Å². The lowest BCUT2D eigenvalue weighted by Gasteiger charge is -2.32. The van der Waals surface area contributed by atoms with Crippen molar-refractivity contribution in [2.24, 2.45) is 5.92 Å². The zero-order chi connectivity index (χ0) is 27.4. The molecule has 5 rings (SSSR count). The lowest BCUT2D eigenvalue weighted by molar-refractivity contribution is -0.385. The van der Waals surface area contributed by atoms with Gasteiger partial charge in [-0.2, -0.15) is 0 Å². The number of non-ortho nitro benzene ring substituents is 1. The first kappa shape index (κ1) is 26.3. The van der Waals surface area contributed by atoms with Crippen molar-refractivity contribution in [1.29, 1.82) is 0 Å². The highest BCUT2D eigenvalue weighted by atomic mass is 28.4. The van der Waals surface area contributed by atoms with Gasteiger partial charge < -0.3 is 24.3 Å². The number of hydrogen-bond acceptors (Lipinski definition) is 8. The van der Waals surface area contributed by atoms with E-state index >= 15 is 0 Å². The summed E-state index contributed by atoms with van der Waals surface area (Å²) in [4.78, 5) is 51.6. The van der Waals surface area contributed by atoms with Gasteiger partial charge in [-0.05, 0) is 43.3 Å². The molecule has 1 spiro atoms. The second-order valence-electron chi connectivity index (χ2n) is 10.7. The molecule has 11 nitrogen and oxygen atoms in total. The Kier molecular flexibility index (Phi) is 6.54. The lowest BCUT2D eigenvalue weighted by atomic mass is 9.82. The number of anilines is 2. The van der Waals surface area contributed by atoms with Gasteiger partial charge in [0, 0.05) is 41.4 Å². The summed E-state index contributed by atoms with van der Waals surface area (Å²) >= 11 is 0. The first-order valence-electron chi connectivity index (χ1n) is 12.6. The fraction of sp³-hybridized carbons (Fsp3) is 0.462. The number of fused-ring (bicyclic) bond motifs is 2.